The van der Waals surface area contributed by atoms with Crippen LogP contribution in [0.3, 0.4) is 0 Å². The number of amides is 2. The van der Waals surface area contributed by atoms with Gasteiger partial charge in [-0.05, 0) is 48.4 Å². The Labute approximate surface area is 192 Å². The van der Waals surface area contributed by atoms with E-state index in [9.17, 15) is 14.4 Å². The molecule has 0 saturated heterocycles. The van der Waals surface area contributed by atoms with Crippen LogP contribution in [0.25, 0.3) is 6.08 Å². The third kappa shape index (κ3) is 7.49. The van der Waals surface area contributed by atoms with Crippen molar-refractivity contribution < 1.29 is 19.1 Å². The zero-order valence-electron chi connectivity index (χ0n) is 18.6. The first kappa shape index (κ1) is 23.5. The molecule has 0 atom stereocenters. The molecule has 0 spiro atoms. The van der Waals surface area contributed by atoms with Crippen LogP contribution in [0.2, 0.25) is 0 Å². The fourth-order valence-electron chi connectivity index (χ4n) is 2.85. The van der Waals surface area contributed by atoms with Crippen molar-refractivity contribution >= 4 is 41.2 Å². The second kappa shape index (κ2) is 11.5. The average molecular weight is 450 g/mol. The Balaban J connectivity index is 1.53. The van der Waals surface area contributed by atoms with Crippen molar-refractivity contribution in [1.82, 2.24) is 10.2 Å². The monoisotopic (exact) mass is 449 g/mol. The smallest absolute Gasteiger partial charge is 0.331 e. The Bertz CT molecular complexity index is 1060. The van der Waals surface area contributed by atoms with Crippen LogP contribution in [0.5, 0.6) is 0 Å². The maximum Gasteiger partial charge on any atom is 0.331 e. The first-order valence-corrected chi connectivity index (χ1v) is 10.5. The molecule has 172 valence electrons. The summed E-state index contributed by atoms with van der Waals surface area (Å²) in [6.07, 6.45) is 3.83. The predicted molar refractivity (Wildman–Crippen MR) is 128 cm³/mol. The largest absolute Gasteiger partial charge is 0.452 e. The SMILES string of the molecule is CN(C)C(=O)COC(=O)/C=C/c1ccc(NC(=O)c2cccc(NC3=NCCCN3)c2)cc1. The van der Waals surface area contributed by atoms with Gasteiger partial charge in [0.2, 0.25) is 0 Å². The minimum Gasteiger partial charge on any atom is -0.452 e. The van der Waals surface area contributed by atoms with E-state index in [1.807, 2.05) is 6.07 Å². The number of nitrogens with zero attached hydrogens (tertiary/aromatic N) is 2. The number of carbonyl (C=O) groups is 3. The molecule has 2 aromatic rings. The molecule has 0 unspecified atom stereocenters. The van der Waals surface area contributed by atoms with Gasteiger partial charge in [-0.15, -0.1) is 0 Å². The van der Waals surface area contributed by atoms with Crippen molar-refractivity contribution in [3.63, 3.8) is 0 Å². The van der Waals surface area contributed by atoms with Gasteiger partial charge in [-0.1, -0.05) is 18.2 Å². The third-order valence-corrected chi connectivity index (χ3v) is 4.70. The Morgan fingerprint density at radius 1 is 1.12 bits per heavy atom. The first-order chi connectivity index (χ1) is 15.9. The predicted octanol–water partition coefficient (Wildman–Crippen LogP) is 2.34. The zero-order valence-corrected chi connectivity index (χ0v) is 18.6. The van der Waals surface area contributed by atoms with E-state index in [0.29, 0.717) is 17.2 Å². The van der Waals surface area contributed by atoms with E-state index >= 15 is 0 Å². The highest BCUT2D eigenvalue weighted by Crippen LogP contribution is 2.15. The summed E-state index contributed by atoms with van der Waals surface area (Å²) in [4.78, 5) is 41.5. The number of benzene rings is 2. The number of esters is 1. The highest BCUT2D eigenvalue weighted by atomic mass is 16.5. The summed E-state index contributed by atoms with van der Waals surface area (Å²) >= 11 is 0. The van der Waals surface area contributed by atoms with Crippen LogP contribution >= 0.6 is 0 Å². The van der Waals surface area contributed by atoms with E-state index in [0.717, 1.165) is 30.8 Å². The molecular weight excluding hydrogens is 422 g/mol. The molecule has 9 nitrogen and oxygen atoms in total. The number of aliphatic imine (C=N–C) groups is 1. The van der Waals surface area contributed by atoms with E-state index in [2.05, 4.69) is 20.9 Å². The van der Waals surface area contributed by atoms with Gasteiger partial charge in [-0.2, -0.15) is 0 Å². The number of nitrogens with one attached hydrogen (secondary N) is 3. The van der Waals surface area contributed by atoms with Crippen LogP contribution in [-0.4, -0.2) is 62.4 Å². The van der Waals surface area contributed by atoms with Gasteiger partial charge >= 0.3 is 5.97 Å². The molecule has 3 rings (SSSR count). The van der Waals surface area contributed by atoms with Crippen LogP contribution in [0.4, 0.5) is 11.4 Å². The van der Waals surface area contributed by atoms with Gasteiger partial charge in [0.05, 0.1) is 0 Å². The molecule has 0 aromatic heterocycles. The number of likely N-dealkylation sites (N-methyl/N-ethyl adjacent to an activating group) is 1. The van der Waals surface area contributed by atoms with Gasteiger partial charge in [0, 0.05) is 50.2 Å². The van der Waals surface area contributed by atoms with Crippen molar-refractivity contribution in [2.24, 2.45) is 4.99 Å². The maximum absolute atomic E-state index is 12.6. The fourth-order valence-corrected chi connectivity index (χ4v) is 2.85. The normalized spacial score (nSPS) is 13.0. The van der Waals surface area contributed by atoms with Gasteiger partial charge in [-0.25, -0.2) is 4.79 Å². The number of hydrogen-bond donors (Lipinski definition) is 3. The summed E-state index contributed by atoms with van der Waals surface area (Å²) in [7, 11) is 3.18. The van der Waals surface area contributed by atoms with Crippen LogP contribution in [0.1, 0.15) is 22.3 Å². The fraction of sp³-hybridized carbons (Fsp3) is 0.250. The molecule has 1 aliphatic rings. The Morgan fingerprint density at radius 2 is 1.91 bits per heavy atom. The number of carbonyl (C=O) groups excluding carboxylic acids is 3. The standard InChI is InChI=1S/C24H27N5O4/c1-29(2)21(30)16-33-22(31)12-9-17-7-10-19(11-8-17)27-23(32)18-5-3-6-20(15-18)28-24-25-13-4-14-26-24/h3,5-12,15H,4,13-14,16H2,1-2H3,(H,27,32)(H2,25,26,28)/b12-9+. The van der Waals surface area contributed by atoms with E-state index in [1.54, 1.807) is 62.6 Å². The summed E-state index contributed by atoms with van der Waals surface area (Å²) < 4.78 is 4.88. The van der Waals surface area contributed by atoms with Crippen LogP contribution < -0.4 is 16.0 Å². The van der Waals surface area contributed by atoms with Crippen LogP contribution in [0, 0.1) is 0 Å². The van der Waals surface area contributed by atoms with Gasteiger partial charge in [0.1, 0.15) is 0 Å². The second-order valence-corrected chi connectivity index (χ2v) is 7.52. The Kier molecular flexibility index (Phi) is 8.18. The molecule has 0 saturated carbocycles. The summed E-state index contributed by atoms with van der Waals surface area (Å²) in [6, 6.07) is 14.2. The zero-order chi connectivity index (χ0) is 23.6. The summed E-state index contributed by atoms with van der Waals surface area (Å²) in [6.45, 7) is 1.34. The number of ether oxygens (including phenoxy) is 1. The topological polar surface area (TPSA) is 112 Å². The lowest BCUT2D eigenvalue weighted by atomic mass is 10.1. The molecule has 9 heteroatoms. The summed E-state index contributed by atoms with van der Waals surface area (Å²) in [5.41, 5.74) is 2.65. The molecular formula is C24H27N5O4. The second-order valence-electron chi connectivity index (χ2n) is 7.52. The molecule has 1 aliphatic heterocycles. The van der Waals surface area contributed by atoms with Crippen molar-refractivity contribution in [2.75, 3.05) is 44.4 Å². The van der Waals surface area contributed by atoms with Gasteiger partial charge < -0.3 is 25.6 Å². The van der Waals surface area contributed by atoms with E-state index < -0.39 is 5.97 Å². The first-order valence-electron chi connectivity index (χ1n) is 10.5. The highest BCUT2D eigenvalue weighted by Gasteiger charge is 2.09. The van der Waals surface area contributed by atoms with Crippen molar-refractivity contribution in [1.29, 1.82) is 0 Å². The van der Waals surface area contributed by atoms with Crippen molar-refractivity contribution in [2.45, 2.75) is 6.42 Å². The lowest BCUT2D eigenvalue weighted by molar-refractivity contribution is -0.146. The molecule has 2 aromatic carbocycles. The molecule has 0 fully saturated rings. The lowest BCUT2D eigenvalue weighted by Crippen LogP contribution is -2.35. The Morgan fingerprint density at radius 3 is 2.61 bits per heavy atom. The minimum atomic E-state index is -0.606. The van der Waals surface area contributed by atoms with Gasteiger partial charge in [-0.3, -0.25) is 14.6 Å². The third-order valence-electron chi connectivity index (χ3n) is 4.70. The molecule has 3 N–H and O–H groups in total. The number of hydrogen-bond acceptors (Lipinski definition) is 7. The van der Waals surface area contributed by atoms with Gasteiger partial charge in [0.25, 0.3) is 11.8 Å². The van der Waals surface area contributed by atoms with Crippen LogP contribution in [-0.2, 0) is 14.3 Å². The molecule has 0 bridgehead atoms. The van der Waals surface area contributed by atoms with Crippen LogP contribution in [0.15, 0.2) is 59.6 Å². The molecule has 1 heterocycles. The van der Waals surface area contributed by atoms with Gasteiger partial charge in [0.15, 0.2) is 12.6 Å². The maximum atomic E-state index is 12.6. The highest BCUT2D eigenvalue weighted by molar-refractivity contribution is 6.05. The van der Waals surface area contributed by atoms with E-state index in [1.165, 1.54) is 11.0 Å². The summed E-state index contributed by atoms with van der Waals surface area (Å²) in [5.74, 6) is -0.437. The molecule has 0 aliphatic carbocycles. The molecule has 2 amide bonds. The molecule has 33 heavy (non-hydrogen) atoms. The number of guanidine groups is 1. The average Bonchev–Trinajstić information content (AvgIpc) is 2.82. The lowest BCUT2D eigenvalue weighted by Gasteiger charge is -2.16. The van der Waals surface area contributed by atoms with E-state index in [-0.39, 0.29) is 18.4 Å². The molecule has 0 radical (unpaired) electrons. The summed E-state index contributed by atoms with van der Waals surface area (Å²) in [5, 5.41) is 9.22. The Hall–Kier alpha value is -4.14. The minimum absolute atomic E-state index is 0.241. The number of anilines is 2. The van der Waals surface area contributed by atoms with Crippen molar-refractivity contribution in [3.05, 3.63) is 65.7 Å². The number of rotatable bonds is 7. The quantitative estimate of drug-likeness (QED) is 0.442. The van der Waals surface area contributed by atoms with E-state index in [4.69, 9.17) is 4.74 Å². The van der Waals surface area contributed by atoms with Crippen molar-refractivity contribution in [3.8, 4) is 0 Å².